The van der Waals surface area contributed by atoms with Gasteiger partial charge in [-0.1, -0.05) is 23.8 Å². The van der Waals surface area contributed by atoms with Crippen LogP contribution in [0.4, 0.5) is 5.69 Å². The van der Waals surface area contributed by atoms with Crippen LogP contribution in [-0.4, -0.2) is 50.7 Å². The highest BCUT2D eigenvalue weighted by atomic mass is 15.3. The van der Waals surface area contributed by atoms with E-state index in [0.29, 0.717) is 0 Å². The Morgan fingerprint density at radius 1 is 1.05 bits per heavy atom. The van der Waals surface area contributed by atoms with Gasteiger partial charge in [0.2, 0.25) is 0 Å². The fraction of sp³-hybridized carbons (Fsp3) is 0.500. The summed E-state index contributed by atoms with van der Waals surface area (Å²) in [7, 11) is 0. The lowest BCUT2D eigenvalue weighted by molar-refractivity contribution is 0.276. The van der Waals surface area contributed by atoms with Crippen molar-refractivity contribution in [1.82, 2.24) is 10.2 Å². The zero-order valence-electron chi connectivity index (χ0n) is 11.7. The van der Waals surface area contributed by atoms with Gasteiger partial charge >= 0.3 is 0 Å². The Bertz CT molecular complexity index is 438. The molecule has 0 aromatic heterocycles. The molecule has 0 atom stereocenters. The molecule has 0 amide bonds. The largest absolute Gasteiger partial charge is 0.369 e. The van der Waals surface area contributed by atoms with Gasteiger partial charge in [-0.25, -0.2) is 0 Å². The minimum absolute atomic E-state index is 1.11. The van der Waals surface area contributed by atoms with Crippen molar-refractivity contribution in [2.45, 2.75) is 6.92 Å². The highest BCUT2D eigenvalue weighted by Crippen LogP contribution is 2.17. The molecule has 102 valence electrons. The predicted molar refractivity (Wildman–Crippen MR) is 80.7 cm³/mol. The monoisotopic (exact) mass is 257 g/mol. The van der Waals surface area contributed by atoms with Crippen LogP contribution in [0.3, 0.4) is 0 Å². The van der Waals surface area contributed by atoms with Crippen LogP contribution in [0.15, 0.2) is 41.5 Å². The van der Waals surface area contributed by atoms with E-state index < -0.39 is 0 Å². The number of benzene rings is 1. The summed E-state index contributed by atoms with van der Waals surface area (Å²) in [6.45, 7) is 10.3. The first kappa shape index (κ1) is 12.7. The van der Waals surface area contributed by atoms with Gasteiger partial charge in [-0.2, -0.15) is 0 Å². The molecule has 2 aliphatic heterocycles. The minimum Gasteiger partial charge on any atom is -0.369 e. The molecule has 0 aliphatic carbocycles. The van der Waals surface area contributed by atoms with Crippen molar-refractivity contribution in [3.05, 3.63) is 41.5 Å². The summed E-state index contributed by atoms with van der Waals surface area (Å²) in [5.41, 5.74) is 4.55. The van der Waals surface area contributed by atoms with Gasteiger partial charge in [-0.05, 0) is 24.6 Å². The number of piperazine rings is 1. The van der Waals surface area contributed by atoms with Crippen LogP contribution in [0.5, 0.6) is 0 Å². The number of para-hydroxylation sites is 1. The second kappa shape index (κ2) is 5.76. The Labute approximate surface area is 115 Å². The third-order valence-corrected chi connectivity index (χ3v) is 4.23. The molecule has 1 aromatic rings. The fourth-order valence-corrected chi connectivity index (χ4v) is 2.80. The average molecular weight is 257 g/mol. The molecule has 0 unspecified atom stereocenters. The predicted octanol–water partition coefficient (Wildman–Crippen LogP) is 1.73. The van der Waals surface area contributed by atoms with E-state index in [2.05, 4.69) is 52.4 Å². The molecular weight excluding hydrogens is 234 g/mol. The van der Waals surface area contributed by atoms with Gasteiger partial charge in [0.15, 0.2) is 0 Å². The molecule has 0 saturated carbocycles. The van der Waals surface area contributed by atoms with E-state index in [1.807, 2.05) is 0 Å². The number of nitrogens with one attached hydrogen (secondary N) is 1. The number of anilines is 1. The third-order valence-electron chi connectivity index (χ3n) is 4.23. The lowest BCUT2D eigenvalue weighted by Gasteiger charge is -2.37. The zero-order chi connectivity index (χ0) is 13.1. The molecule has 2 heterocycles. The Morgan fingerprint density at radius 3 is 2.32 bits per heavy atom. The van der Waals surface area contributed by atoms with Gasteiger partial charge in [0.1, 0.15) is 0 Å². The summed E-state index contributed by atoms with van der Waals surface area (Å²) in [6.07, 6.45) is 0. The summed E-state index contributed by atoms with van der Waals surface area (Å²) < 4.78 is 0. The molecule has 3 heteroatoms. The lowest BCUT2D eigenvalue weighted by Crippen LogP contribution is -2.47. The Hall–Kier alpha value is -1.32. The van der Waals surface area contributed by atoms with E-state index in [-0.39, 0.29) is 0 Å². The molecule has 19 heavy (non-hydrogen) atoms. The first-order valence-electron chi connectivity index (χ1n) is 7.23. The summed E-state index contributed by atoms with van der Waals surface area (Å²) in [6, 6.07) is 10.8. The number of rotatable bonds is 3. The molecule has 0 radical (unpaired) electrons. The molecule has 3 rings (SSSR count). The van der Waals surface area contributed by atoms with Crippen LogP contribution in [0.1, 0.15) is 6.92 Å². The molecule has 2 aliphatic rings. The minimum atomic E-state index is 1.11. The maximum atomic E-state index is 3.32. The van der Waals surface area contributed by atoms with Crippen LogP contribution in [0.25, 0.3) is 0 Å². The maximum absolute atomic E-state index is 3.32. The molecule has 2 fully saturated rings. The van der Waals surface area contributed by atoms with Crippen molar-refractivity contribution in [3.63, 3.8) is 0 Å². The zero-order valence-corrected chi connectivity index (χ0v) is 11.7. The van der Waals surface area contributed by atoms with Gasteiger partial charge in [-0.3, -0.25) is 4.90 Å². The average Bonchev–Trinajstić information content (AvgIpc) is 2.38. The highest BCUT2D eigenvalue weighted by Gasteiger charge is 2.19. The van der Waals surface area contributed by atoms with Crippen molar-refractivity contribution >= 4 is 5.69 Å². The van der Waals surface area contributed by atoms with Crippen LogP contribution in [0, 0.1) is 0 Å². The van der Waals surface area contributed by atoms with E-state index in [4.69, 9.17) is 0 Å². The van der Waals surface area contributed by atoms with E-state index in [0.717, 1.165) is 32.7 Å². The Kier molecular flexibility index (Phi) is 3.85. The molecule has 3 nitrogen and oxygen atoms in total. The summed E-state index contributed by atoms with van der Waals surface area (Å²) in [5, 5.41) is 3.32. The standard InChI is InChI=1S/C16H23N3/c1-14(15-11-17-12-15)13-18-7-9-19(10-8-18)16-5-3-2-4-6-16/h2-6,17H,7-13H2,1H3. The topological polar surface area (TPSA) is 18.5 Å². The lowest BCUT2D eigenvalue weighted by atomic mass is 10.0. The Morgan fingerprint density at radius 2 is 1.74 bits per heavy atom. The second-order valence-electron chi connectivity index (χ2n) is 5.59. The van der Waals surface area contributed by atoms with Gasteiger partial charge < -0.3 is 10.2 Å². The van der Waals surface area contributed by atoms with Crippen LogP contribution in [-0.2, 0) is 0 Å². The maximum Gasteiger partial charge on any atom is 0.0367 e. The van der Waals surface area contributed by atoms with Crippen LogP contribution < -0.4 is 10.2 Å². The summed E-state index contributed by atoms with van der Waals surface area (Å²) in [5.74, 6) is 0. The molecule has 2 saturated heterocycles. The summed E-state index contributed by atoms with van der Waals surface area (Å²) in [4.78, 5) is 5.07. The third kappa shape index (κ3) is 2.99. The number of hydrogen-bond acceptors (Lipinski definition) is 3. The van der Waals surface area contributed by atoms with E-state index in [1.165, 1.54) is 18.8 Å². The van der Waals surface area contributed by atoms with E-state index >= 15 is 0 Å². The molecular formula is C16H23N3. The van der Waals surface area contributed by atoms with E-state index in [1.54, 1.807) is 11.1 Å². The van der Waals surface area contributed by atoms with Gasteiger partial charge in [-0.15, -0.1) is 0 Å². The fourth-order valence-electron chi connectivity index (χ4n) is 2.80. The van der Waals surface area contributed by atoms with E-state index in [9.17, 15) is 0 Å². The first-order chi connectivity index (χ1) is 9.33. The van der Waals surface area contributed by atoms with Crippen molar-refractivity contribution in [2.75, 3.05) is 50.7 Å². The normalized spacial score (nSPS) is 20.3. The van der Waals surface area contributed by atoms with Gasteiger partial charge in [0.25, 0.3) is 0 Å². The second-order valence-corrected chi connectivity index (χ2v) is 5.59. The van der Waals surface area contributed by atoms with Crippen molar-refractivity contribution in [2.24, 2.45) is 0 Å². The SMILES string of the molecule is CC(CN1CCN(c2ccccc2)CC1)=C1CNC1. The number of nitrogens with zero attached hydrogens (tertiary/aromatic N) is 2. The van der Waals surface area contributed by atoms with Crippen molar-refractivity contribution < 1.29 is 0 Å². The quantitative estimate of drug-likeness (QED) is 0.832. The van der Waals surface area contributed by atoms with Gasteiger partial charge in [0, 0.05) is 51.5 Å². The first-order valence-corrected chi connectivity index (χ1v) is 7.23. The van der Waals surface area contributed by atoms with Crippen molar-refractivity contribution in [1.29, 1.82) is 0 Å². The van der Waals surface area contributed by atoms with Crippen molar-refractivity contribution in [3.8, 4) is 0 Å². The summed E-state index contributed by atoms with van der Waals surface area (Å²) >= 11 is 0. The Balaban J connectivity index is 1.52. The van der Waals surface area contributed by atoms with Crippen LogP contribution >= 0.6 is 0 Å². The molecule has 0 spiro atoms. The smallest absolute Gasteiger partial charge is 0.0367 e. The highest BCUT2D eigenvalue weighted by molar-refractivity contribution is 5.46. The molecule has 0 bridgehead atoms. The molecule has 1 N–H and O–H groups in total. The number of hydrogen-bond donors (Lipinski definition) is 1. The molecule has 1 aromatic carbocycles. The van der Waals surface area contributed by atoms with Crippen LogP contribution in [0.2, 0.25) is 0 Å². The van der Waals surface area contributed by atoms with Gasteiger partial charge in [0.05, 0.1) is 0 Å².